The second kappa shape index (κ2) is 1.15. The number of fused-ring (bicyclic) bond motifs is 1. The summed E-state index contributed by atoms with van der Waals surface area (Å²) in [6.45, 7) is 0.309. The van der Waals surface area contributed by atoms with Crippen LogP contribution in [0.3, 0.4) is 0 Å². The zero-order valence-electron chi connectivity index (χ0n) is 4.05. The lowest BCUT2D eigenvalue weighted by Crippen LogP contribution is -1.95. The maximum Gasteiger partial charge on any atom is 0.256 e. The molecule has 0 amide bonds. The van der Waals surface area contributed by atoms with E-state index in [4.69, 9.17) is 9.47 Å². The minimum atomic E-state index is 0.309. The molecule has 4 heteroatoms. The summed E-state index contributed by atoms with van der Waals surface area (Å²) in [7, 11) is 0. The number of nitrogens with zero attached hydrogens (tertiary/aromatic N) is 1. The lowest BCUT2D eigenvalue weighted by atomic mass is 10.6. The Labute approximate surface area is 45.4 Å². The lowest BCUT2D eigenvalue weighted by Gasteiger charge is -1.85. The van der Waals surface area contributed by atoms with Gasteiger partial charge in [0.1, 0.15) is 0 Å². The lowest BCUT2D eigenvalue weighted by molar-refractivity contribution is 0.168. The smallest absolute Gasteiger partial charge is 0.256 e. The highest BCUT2D eigenvalue weighted by Crippen LogP contribution is 2.27. The summed E-state index contributed by atoms with van der Waals surface area (Å²) in [4.78, 5) is 0. The summed E-state index contributed by atoms with van der Waals surface area (Å²) in [5.41, 5.74) is 0. The van der Waals surface area contributed by atoms with Gasteiger partial charge < -0.3 is 9.47 Å². The van der Waals surface area contributed by atoms with Gasteiger partial charge >= 0.3 is 0 Å². The number of ether oxygens (including phenoxy) is 2. The van der Waals surface area contributed by atoms with Crippen molar-refractivity contribution >= 4 is 0 Å². The molecule has 0 atom stereocenters. The average Bonchev–Trinajstić information content (AvgIpc) is 2.15. The van der Waals surface area contributed by atoms with Crippen molar-refractivity contribution in [1.29, 1.82) is 0 Å². The highest BCUT2D eigenvalue weighted by molar-refractivity contribution is 5.31. The Morgan fingerprint density at radius 2 is 2.62 bits per heavy atom. The Bertz CT molecular complexity index is 177. The minimum Gasteiger partial charge on any atom is -0.450 e. The van der Waals surface area contributed by atoms with Crippen LogP contribution < -0.4 is 9.47 Å². The fraction of sp³-hybridized carbons (Fsp3) is 0.250. The Morgan fingerprint density at radius 1 is 1.62 bits per heavy atom. The van der Waals surface area contributed by atoms with Crippen LogP contribution in [-0.4, -0.2) is 17.0 Å². The third-order valence-electron chi connectivity index (χ3n) is 0.989. The summed E-state index contributed by atoms with van der Waals surface area (Å²) in [6, 6.07) is 0. The molecule has 0 aliphatic carbocycles. The largest absolute Gasteiger partial charge is 0.450 e. The maximum atomic E-state index is 4.92. The number of H-pyrrole nitrogens is 1. The van der Waals surface area contributed by atoms with Crippen molar-refractivity contribution in [1.82, 2.24) is 10.2 Å². The Balaban J connectivity index is 2.54. The fourth-order valence-electron chi connectivity index (χ4n) is 0.621. The van der Waals surface area contributed by atoms with E-state index < -0.39 is 0 Å². The van der Waals surface area contributed by atoms with E-state index in [1.54, 1.807) is 6.20 Å². The van der Waals surface area contributed by atoms with Gasteiger partial charge in [-0.1, -0.05) is 0 Å². The van der Waals surface area contributed by atoms with Crippen LogP contribution in [0.2, 0.25) is 0 Å². The molecule has 0 saturated heterocycles. The summed E-state index contributed by atoms with van der Waals surface area (Å²) in [6.07, 6.45) is 1.59. The van der Waals surface area contributed by atoms with Gasteiger partial charge in [0, 0.05) is 0 Å². The molecule has 42 valence electrons. The first kappa shape index (κ1) is 3.77. The molecule has 0 saturated carbocycles. The molecule has 1 aromatic rings. The number of nitrogens with one attached hydrogen (secondary N) is 1. The number of aromatic nitrogens is 2. The van der Waals surface area contributed by atoms with E-state index in [-0.39, 0.29) is 0 Å². The van der Waals surface area contributed by atoms with Gasteiger partial charge in [0.05, 0.1) is 6.20 Å². The van der Waals surface area contributed by atoms with Gasteiger partial charge in [-0.05, 0) is 0 Å². The van der Waals surface area contributed by atoms with E-state index in [2.05, 4.69) is 10.2 Å². The molecule has 1 aromatic heterocycles. The van der Waals surface area contributed by atoms with Gasteiger partial charge in [0.15, 0.2) is 0 Å². The van der Waals surface area contributed by atoms with Crippen LogP contribution in [0.4, 0.5) is 0 Å². The standard InChI is InChI=1S/C4H4N2O2/c1-3-4(6-5-1)8-2-7-3/h1H,2H2,(H,5,6). The molecule has 0 spiro atoms. The molecule has 0 unspecified atom stereocenters. The van der Waals surface area contributed by atoms with Crippen LogP contribution in [0.15, 0.2) is 6.20 Å². The molecule has 1 N–H and O–H groups in total. The minimum absolute atomic E-state index is 0.309. The van der Waals surface area contributed by atoms with Crippen LogP contribution in [0.1, 0.15) is 0 Å². The third-order valence-corrected chi connectivity index (χ3v) is 0.989. The SMILES string of the molecule is c1n[nH]c2c1OCO2. The molecule has 0 bridgehead atoms. The zero-order valence-corrected chi connectivity index (χ0v) is 4.05. The van der Waals surface area contributed by atoms with E-state index >= 15 is 0 Å². The third kappa shape index (κ3) is 0.318. The van der Waals surface area contributed by atoms with E-state index in [0.29, 0.717) is 18.4 Å². The maximum absolute atomic E-state index is 4.92. The second-order valence-electron chi connectivity index (χ2n) is 1.47. The summed E-state index contributed by atoms with van der Waals surface area (Å²) >= 11 is 0. The van der Waals surface area contributed by atoms with Crippen LogP contribution >= 0.6 is 0 Å². The van der Waals surface area contributed by atoms with Crippen LogP contribution in [0.25, 0.3) is 0 Å². The number of rotatable bonds is 0. The topological polar surface area (TPSA) is 47.1 Å². The highest BCUT2D eigenvalue weighted by atomic mass is 16.7. The predicted molar refractivity (Wildman–Crippen MR) is 24.7 cm³/mol. The zero-order chi connectivity index (χ0) is 5.40. The van der Waals surface area contributed by atoms with E-state index in [1.807, 2.05) is 0 Å². The molecule has 2 rings (SSSR count). The molecule has 8 heavy (non-hydrogen) atoms. The van der Waals surface area contributed by atoms with Crippen LogP contribution in [0, 0.1) is 0 Å². The molecule has 0 aromatic carbocycles. The number of hydrogen-bond donors (Lipinski definition) is 1. The molecule has 0 radical (unpaired) electrons. The first-order valence-electron chi connectivity index (χ1n) is 2.26. The molecular formula is C4H4N2O2. The first-order valence-corrected chi connectivity index (χ1v) is 2.26. The van der Waals surface area contributed by atoms with Gasteiger partial charge in [-0.3, -0.25) is 0 Å². The van der Waals surface area contributed by atoms with Gasteiger partial charge in [0.2, 0.25) is 12.5 Å². The van der Waals surface area contributed by atoms with Gasteiger partial charge in [-0.15, -0.1) is 0 Å². The average molecular weight is 112 g/mol. The number of hydrogen-bond acceptors (Lipinski definition) is 3. The molecule has 2 heterocycles. The highest BCUT2D eigenvalue weighted by Gasteiger charge is 2.13. The van der Waals surface area contributed by atoms with Crippen molar-refractivity contribution in [3.8, 4) is 11.6 Å². The van der Waals surface area contributed by atoms with Crippen molar-refractivity contribution in [3.63, 3.8) is 0 Å². The normalized spacial score (nSPS) is 14.5. The van der Waals surface area contributed by atoms with E-state index in [9.17, 15) is 0 Å². The van der Waals surface area contributed by atoms with Crippen LogP contribution in [0.5, 0.6) is 11.6 Å². The Morgan fingerprint density at radius 3 is 3.50 bits per heavy atom. The first-order chi connectivity index (χ1) is 3.97. The van der Waals surface area contributed by atoms with Gasteiger partial charge in [-0.25, -0.2) is 5.10 Å². The predicted octanol–water partition coefficient (Wildman–Crippen LogP) is 0.138. The molecule has 1 aliphatic heterocycles. The van der Waals surface area contributed by atoms with E-state index in [1.165, 1.54) is 0 Å². The van der Waals surface area contributed by atoms with Gasteiger partial charge in [-0.2, -0.15) is 5.10 Å². The van der Waals surface area contributed by atoms with E-state index in [0.717, 1.165) is 0 Å². The van der Waals surface area contributed by atoms with Crippen molar-refractivity contribution in [3.05, 3.63) is 6.20 Å². The summed E-state index contributed by atoms with van der Waals surface area (Å²) in [5.74, 6) is 1.33. The molecule has 0 fully saturated rings. The molecule has 4 nitrogen and oxygen atoms in total. The monoisotopic (exact) mass is 112 g/mol. The quantitative estimate of drug-likeness (QED) is 0.519. The Hall–Kier alpha value is -1.19. The van der Waals surface area contributed by atoms with Crippen LogP contribution in [-0.2, 0) is 0 Å². The van der Waals surface area contributed by atoms with Crippen molar-refractivity contribution in [2.75, 3.05) is 6.79 Å². The molecular weight excluding hydrogens is 108 g/mol. The summed E-state index contributed by atoms with van der Waals surface area (Å²) in [5, 5.41) is 6.29. The summed E-state index contributed by atoms with van der Waals surface area (Å²) < 4.78 is 9.82. The fourth-order valence-corrected chi connectivity index (χ4v) is 0.621. The van der Waals surface area contributed by atoms with Crippen molar-refractivity contribution in [2.24, 2.45) is 0 Å². The Kier molecular flexibility index (Phi) is 0.542. The number of aromatic amines is 1. The second-order valence-corrected chi connectivity index (χ2v) is 1.47. The van der Waals surface area contributed by atoms with Crippen molar-refractivity contribution < 1.29 is 9.47 Å². The van der Waals surface area contributed by atoms with Crippen molar-refractivity contribution in [2.45, 2.75) is 0 Å². The van der Waals surface area contributed by atoms with Gasteiger partial charge in [0.25, 0.3) is 5.88 Å². The molecule has 1 aliphatic rings.